The van der Waals surface area contributed by atoms with E-state index in [1.165, 1.54) is 33.0 Å². The van der Waals surface area contributed by atoms with Crippen LogP contribution in [0.15, 0.2) is 192 Å². The maximum Gasteiger partial charge on any atom is 0.136 e. The van der Waals surface area contributed by atoms with E-state index in [1.807, 2.05) is 12.1 Å². The van der Waals surface area contributed by atoms with E-state index in [-0.39, 0.29) is 0 Å². The van der Waals surface area contributed by atoms with Gasteiger partial charge in [-0.1, -0.05) is 133 Å². The molecule has 0 unspecified atom stereocenters. The fraction of sp³-hybridized carbons (Fsp3) is 0. The predicted molar refractivity (Wildman–Crippen MR) is 214 cm³/mol. The quantitative estimate of drug-likeness (QED) is 0.194. The third-order valence-corrected chi connectivity index (χ3v) is 10.0. The maximum atomic E-state index is 6.26. The lowest BCUT2D eigenvalue weighted by Gasteiger charge is -2.26. The van der Waals surface area contributed by atoms with Crippen LogP contribution >= 0.6 is 0 Å². The molecule has 0 bridgehead atoms. The normalized spacial score (nSPS) is 11.5. The van der Waals surface area contributed by atoms with Crippen LogP contribution in [0.5, 0.6) is 0 Å². The first-order valence-corrected chi connectivity index (χ1v) is 17.3. The summed E-state index contributed by atoms with van der Waals surface area (Å²) in [6, 6.07) is 66.8. The largest absolute Gasteiger partial charge is 0.456 e. The van der Waals surface area contributed by atoms with E-state index in [0.29, 0.717) is 0 Å². The van der Waals surface area contributed by atoms with Crippen molar-refractivity contribution in [2.75, 3.05) is 4.90 Å². The third-order valence-electron chi connectivity index (χ3n) is 10.0. The summed E-state index contributed by atoms with van der Waals surface area (Å²) in [5, 5.41) is 4.64. The molecule has 0 aliphatic heterocycles. The smallest absolute Gasteiger partial charge is 0.136 e. The summed E-state index contributed by atoms with van der Waals surface area (Å²) in [6.45, 7) is 0. The Bertz CT molecular complexity index is 2750. The van der Waals surface area contributed by atoms with Crippen LogP contribution in [0.2, 0.25) is 0 Å². The van der Waals surface area contributed by atoms with E-state index in [2.05, 4.69) is 186 Å². The van der Waals surface area contributed by atoms with Crippen molar-refractivity contribution >= 4 is 60.8 Å². The molecule has 0 aliphatic rings. The average Bonchev–Trinajstić information content (AvgIpc) is 3.78. The molecule has 0 spiro atoms. The molecule has 0 saturated heterocycles. The molecule has 240 valence electrons. The number of hydrogen-bond acceptors (Lipinski definition) is 2. The molecular weight excluding hydrogens is 621 g/mol. The zero-order chi connectivity index (χ0) is 33.7. The third kappa shape index (κ3) is 4.98. The first-order valence-electron chi connectivity index (χ1n) is 17.3. The van der Waals surface area contributed by atoms with Gasteiger partial charge in [0.25, 0.3) is 0 Å². The molecule has 3 nitrogen and oxygen atoms in total. The summed E-state index contributed by atoms with van der Waals surface area (Å²) in [4.78, 5) is 6.15. The SMILES string of the molecule is c1ccc(-c2ccc(N(c3ccc(-c4ccccc4)cc3)c3ccc4[nH]c5c(-c6cccc7oc8ccccc8c67)cccc5c4c3)cc2)cc1. The minimum atomic E-state index is 0.899. The molecule has 2 heterocycles. The van der Waals surface area contributed by atoms with Crippen LogP contribution in [0, 0.1) is 0 Å². The monoisotopic (exact) mass is 652 g/mol. The van der Waals surface area contributed by atoms with E-state index >= 15 is 0 Å². The van der Waals surface area contributed by atoms with E-state index in [4.69, 9.17) is 4.42 Å². The number of hydrogen-bond donors (Lipinski definition) is 1. The molecule has 2 aromatic heterocycles. The van der Waals surface area contributed by atoms with E-state index < -0.39 is 0 Å². The van der Waals surface area contributed by atoms with Gasteiger partial charge in [0, 0.05) is 49.7 Å². The Morgan fingerprint density at radius 2 is 0.902 bits per heavy atom. The van der Waals surface area contributed by atoms with Crippen LogP contribution in [0.4, 0.5) is 17.1 Å². The summed E-state index contributed by atoms with van der Waals surface area (Å²) in [7, 11) is 0. The Hall–Kier alpha value is -6.84. The number of H-pyrrole nitrogens is 1. The fourth-order valence-corrected chi connectivity index (χ4v) is 7.59. The molecule has 0 atom stereocenters. The van der Waals surface area contributed by atoms with Gasteiger partial charge in [0.2, 0.25) is 0 Å². The van der Waals surface area contributed by atoms with E-state index in [9.17, 15) is 0 Å². The van der Waals surface area contributed by atoms with Gasteiger partial charge in [-0.25, -0.2) is 0 Å². The lowest BCUT2D eigenvalue weighted by molar-refractivity contribution is 0.669. The lowest BCUT2D eigenvalue weighted by Crippen LogP contribution is -2.09. The van der Waals surface area contributed by atoms with Gasteiger partial charge in [-0.2, -0.15) is 0 Å². The number of anilines is 3. The van der Waals surface area contributed by atoms with Crippen molar-refractivity contribution in [3.8, 4) is 33.4 Å². The Kier molecular flexibility index (Phi) is 6.81. The molecule has 10 aromatic rings. The standard InChI is InChI=1S/C48H32N2O/c1-3-11-32(12-4-1)34-21-25-36(26-22-34)50(37-27-23-35(24-28-37)33-13-5-2-6-14-33)38-29-30-44-43(31-38)41-18-9-17-40(48(41)49-44)39-16-10-20-46-47(39)42-15-7-8-19-45(42)51-46/h1-31,49H. The van der Waals surface area contributed by atoms with Crippen LogP contribution < -0.4 is 4.90 Å². The second-order valence-corrected chi connectivity index (χ2v) is 13.0. The molecule has 10 rings (SSSR count). The molecule has 0 aliphatic carbocycles. The minimum absolute atomic E-state index is 0.899. The van der Waals surface area contributed by atoms with Crippen molar-refractivity contribution < 1.29 is 4.42 Å². The van der Waals surface area contributed by atoms with Gasteiger partial charge in [-0.05, 0) is 82.4 Å². The average molecular weight is 653 g/mol. The Morgan fingerprint density at radius 3 is 1.59 bits per heavy atom. The number of nitrogens with zero attached hydrogens (tertiary/aromatic N) is 1. The summed E-state index contributed by atoms with van der Waals surface area (Å²) >= 11 is 0. The molecular formula is C48H32N2O. The Labute approximate surface area is 295 Å². The van der Waals surface area contributed by atoms with Crippen LogP contribution in [0.25, 0.3) is 77.1 Å². The molecule has 0 saturated carbocycles. The summed E-state index contributed by atoms with van der Waals surface area (Å²) in [5.74, 6) is 0. The molecule has 51 heavy (non-hydrogen) atoms. The van der Waals surface area contributed by atoms with Gasteiger partial charge >= 0.3 is 0 Å². The lowest BCUT2D eigenvalue weighted by atomic mass is 9.97. The summed E-state index contributed by atoms with van der Waals surface area (Å²) in [5.41, 5.74) is 14.4. The van der Waals surface area contributed by atoms with Crippen LogP contribution in [-0.2, 0) is 0 Å². The Morgan fingerprint density at radius 1 is 0.373 bits per heavy atom. The van der Waals surface area contributed by atoms with Gasteiger partial charge < -0.3 is 14.3 Å². The second-order valence-electron chi connectivity index (χ2n) is 13.0. The van der Waals surface area contributed by atoms with Crippen LogP contribution in [0.3, 0.4) is 0 Å². The number of fused-ring (bicyclic) bond motifs is 6. The van der Waals surface area contributed by atoms with Gasteiger partial charge in [0.15, 0.2) is 0 Å². The van der Waals surface area contributed by atoms with E-state index in [1.54, 1.807) is 0 Å². The zero-order valence-corrected chi connectivity index (χ0v) is 27.8. The van der Waals surface area contributed by atoms with Crippen molar-refractivity contribution in [3.05, 3.63) is 188 Å². The number of furan rings is 1. The number of nitrogens with one attached hydrogen (secondary N) is 1. The van der Waals surface area contributed by atoms with Crippen molar-refractivity contribution in [2.24, 2.45) is 0 Å². The summed E-state index contributed by atoms with van der Waals surface area (Å²) < 4.78 is 6.26. The number of rotatable bonds is 6. The molecule has 0 fully saturated rings. The van der Waals surface area contributed by atoms with Gasteiger partial charge in [-0.15, -0.1) is 0 Å². The highest BCUT2D eigenvalue weighted by atomic mass is 16.3. The number of aromatic amines is 1. The van der Waals surface area contributed by atoms with Crippen molar-refractivity contribution in [1.82, 2.24) is 4.98 Å². The second kappa shape index (κ2) is 11.9. The maximum absolute atomic E-state index is 6.26. The van der Waals surface area contributed by atoms with Crippen LogP contribution in [0.1, 0.15) is 0 Å². The van der Waals surface area contributed by atoms with Gasteiger partial charge in [0.05, 0.1) is 5.52 Å². The first-order chi connectivity index (χ1) is 25.3. The van der Waals surface area contributed by atoms with Crippen LogP contribution in [-0.4, -0.2) is 4.98 Å². The van der Waals surface area contributed by atoms with Gasteiger partial charge in [-0.3, -0.25) is 0 Å². The predicted octanol–water partition coefficient (Wildman–Crippen LogP) is 13.7. The van der Waals surface area contributed by atoms with Crippen molar-refractivity contribution in [1.29, 1.82) is 0 Å². The molecule has 0 amide bonds. The van der Waals surface area contributed by atoms with Crippen molar-refractivity contribution in [3.63, 3.8) is 0 Å². The van der Waals surface area contributed by atoms with Gasteiger partial charge in [0.1, 0.15) is 11.2 Å². The number of benzene rings is 8. The van der Waals surface area contributed by atoms with E-state index in [0.717, 1.165) is 61.2 Å². The molecule has 3 heteroatoms. The highest BCUT2D eigenvalue weighted by Gasteiger charge is 2.18. The topological polar surface area (TPSA) is 32.2 Å². The number of para-hydroxylation sites is 2. The number of aromatic nitrogens is 1. The zero-order valence-electron chi connectivity index (χ0n) is 27.8. The molecule has 8 aromatic carbocycles. The molecule has 1 N–H and O–H groups in total. The first kappa shape index (κ1) is 29.1. The highest BCUT2D eigenvalue weighted by molar-refractivity contribution is 6.18. The van der Waals surface area contributed by atoms with Crippen molar-refractivity contribution in [2.45, 2.75) is 0 Å². The highest BCUT2D eigenvalue weighted by Crippen LogP contribution is 2.43. The summed E-state index contributed by atoms with van der Waals surface area (Å²) in [6.07, 6.45) is 0. The molecule has 0 radical (unpaired) electrons. The fourth-order valence-electron chi connectivity index (χ4n) is 7.59. The minimum Gasteiger partial charge on any atom is -0.456 e. The Balaban J connectivity index is 1.12.